The van der Waals surface area contributed by atoms with Gasteiger partial charge in [-0.3, -0.25) is 9.89 Å². The van der Waals surface area contributed by atoms with E-state index in [0.29, 0.717) is 5.76 Å². The predicted molar refractivity (Wildman–Crippen MR) is 48.5 cm³/mol. The van der Waals surface area contributed by atoms with Crippen LogP contribution in [0.15, 0.2) is 16.8 Å². The largest absolute Gasteiger partial charge is 0.366 e. The van der Waals surface area contributed by atoms with E-state index in [1.165, 1.54) is 6.20 Å². The van der Waals surface area contributed by atoms with Gasteiger partial charge in [-0.25, -0.2) is 0 Å². The standard InChI is InChI=1S/C7H8N6O2/c8-7-11-5(12-13-7)6(14)9-3-4-1-2-10-15-4/h1-2H,3H2,(H,9,14)(H3,8,11,12,13). The topological polar surface area (TPSA) is 123 Å². The van der Waals surface area contributed by atoms with Gasteiger partial charge in [-0.05, 0) is 0 Å². The number of hydrogen-bond donors (Lipinski definition) is 3. The Bertz CT molecular complexity index is 448. The summed E-state index contributed by atoms with van der Waals surface area (Å²) in [4.78, 5) is 15.1. The zero-order chi connectivity index (χ0) is 10.7. The van der Waals surface area contributed by atoms with Crippen molar-refractivity contribution in [2.75, 3.05) is 5.73 Å². The second-order valence-electron chi connectivity index (χ2n) is 2.70. The van der Waals surface area contributed by atoms with E-state index >= 15 is 0 Å². The van der Waals surface area contributed by atoms with E-state index in [-0.39, 0.29) is 18.3 Å². The first kappa shape index (κ1) is 9.19. The van der Waals surface area contributed by atoms with Crippen molar-refractivity contribution in [3.8, 4) is 0 Å². The maximum absolute atomic E-state index is 11.4. The van der Waals surface area contributed by atoms with Gasteiger partial charge in [0.05, 0.1) is 12.7 Å². The van der Waals surface area contributed by atoms with Crippen LogP contribution in [-0.4, -0.2) is 26.2 Å². The fraction of sp³-hybridized carbons (Fsp3) is 0.143. The minimum absolute atomic E-state index is 0.0276. The molecule has 0 atom stereocenters. The highest BCUT2D eigenvalue weighted by molar-refractivity contribution is 5.90. The Labute approximate surface area is 83.9 Å². The van der Waals surface area contributed by atoms with Crippen molar-refractivity contribution >= 4 is 11.9 Å². The Balaban J connectivity index is 1.93. The van der Waals surface area contributed by atoms with Gasteiger partial charge >= 0.3 is 0 Å². The Morgan fingerprint density at radius 3 is 3.13 bits per heavy atom. The van der Waals surface area contributed by atoms with Gasteiger partial charge in [0, 0.05) is 6.07 Å². The maximum atomic E-state index is 11.4. The van der Waals surface area contributed by atoms with E-state index in [1.807, 2.05) is 0 Å². The Morgan fingerprint density at radius 2 is 2.53 bits per heavy atom. The molecule has 0 aliphatic heterocycles. The van der Waals surface area contributed by atoms with Gasteiger partial charge in [0.25, 0.3) is 5.91 Å². The van der Waals surface area contributed by atoms with Gasteiger partial charge in [-0.1, -0.05) is 5.16 Å². The van der Waals surface area contributed by atoms with Gasteiger partial charge in [-0.15, -0.1) is 5.10 Å². The number of nitrogens with two attached hydrogens (primary N) is 1. The van der Waals surface area contributed by atoms with E-state index in [0.717, 1.165) is 0 Å². The molecule has 0 bridgehead atoms. The van der Waals surface area contributed by atoms with Crippen LogP contribution in [0.3, 0.4) is 0 Å². The Hall–Kier alpha value is -2.38. The third-order valence-corrected chi connectivity index (χ3v) is 1.63. The number of nitrogens with one attached hydrogen (secondary N) is 2. The molecule has 2 heterocycles. The summed E-state index contributed by atoms with van der Waals surface area (Å²) in [6.45, 7) is 0.236. The van der Waals surface area contributed by atoms with E-state index < -0.39 is 5.91 Å². The second-order valence-corrected chi connectivity index (χ2v) is 2.70. The lowest BCUT2D eigenvalue weighted by Gasteiger charge is -1.97. The number of anilines is 1. The maximum Gasteiger partial charge on any atom is 0.289 e. The van der Waals surface area contributed by atoms with Gasteiger partial charge in [-0.2, -0.15) is 4.98 Å². The molecule has 0 saturated carbocycles. The number of carbonyl (C=O) groups is 1. The molecule has 4 N–H and O–H groups in total. The SMILES string of the molecule is Nc1n[nH]c(C(=O)NCc2ccno2)n1. The van der Waals surface area contributed by atoms with Crippen LogP contribution in [0.25, 0.3) is 0 Å². The number of nitrogen functional groups attached to an aromatic ring is 1. The molecule has 0 spiro atoms. The summed E-state index contributed by atoms with van der Waals surface area (Å²) in [7, 11) is 0. The van der Waals surface area contributed by atoms with Crippen LogP contribution in [0.4, 0.5) is 5.95 Å². The minimum atomic E-state index is -0.407. The average Bonchev–Trinajstić information content (AvgIpc) is 2.84. The summed E-state index contributed by atoms with van der Waals surface area (Å²) in [6.07, 6.45) is 1.49. The molecule has 0 aliphatic carbocycles. The zero-order valence-corrected chi connectivity index (χ0v) is 7.60. The molecular weight excluding hydrogens is 200 g/mol. The zero-order valence-electron chi connectivity index (χ0n) is 7.60. The van der Waals surface area contributed by atoms with Gasteiger partial charge < -0.3 is 15.6 Å². The van der Waals surface area contributed by atoms with Crippen molar-refractivity contribution in [1.82, 2.24) is 25.7 Å². The molecule has 0 fully saturated rings. The van der Waals surface area contributed by atoms with Crippen LogP contribution in [0, 0.1) is 0 Å². The summed E-state index contributed by atoms with van der Waals surface area (Å²) in [5, 5.41) is 12.0. The molecule has 78 valence electrons. The molecule has 1 amide bonds. The van der Waals surface area contributed by atoms with E-state index in [1.54, 1.807) is 6.07 Å². The minimum Gasteiger partial charge on any atom is -0.366 e. The molecular formula is C7H8N6O2. The predicted octanol–water partition coefficient (Wildman–Crippen LogP) is -0.695. The van der Waals surface area contributed by atoms with Crippen molar-refractivity contribution < 1.29 is 9.32 Å². The lowest BCUT2D eigenvalue weighted by atomic mass is 10.4. The van der Waals surface area contributed by atoms with Crippen molar-refractivity contribution in [3.63, 3.8) is 0 Å². The number of aromatic nitrogens is 4. The number of H-pyrrole nitrogens is 1. The van der Waals surface area contributed by atoms with Gasteiger partial charge in [0.1, 0.15) is 0 Å². The molecule has 2 rings (SSSR count). The number of rotatable bonds is 3. The normalized spacial score (nSPS) is 10.1. The van der Waals surface area contributed by atoms with E-state index in [4.69, 9.17) is 10.3 Å². The molecule has 2 aromatic heterocycles. The second kappa shape index (κ2) is 3.78. The molecule has 15 heavy (non-hydrogen) atoms. The van der Waals surface area contributed by atoms with Gasteiger partial charge in [0.15, 0.2) is 5.76 Å². The molecule has 0 unspecified atom stereocenters. The molecule has 0 saturated heterocycles. The van der Waals surface area contributed by atoms with E-state index in [9.17, 15) is 4.79 Å². The molecule has 0 aromatic carbocycles. The molecule has 2 aromatic rings. The third kappa shape index (κ3) is 2.10. The lowest BCUT2D eigenvalue weighted by molar-refractivity contribution is 0.0937. The highest BCUT2D eigenvalue weighted by Crippen LogP contribution is 1.97. The van der Waals surface area contributed by atoms with Crippen molar-refractivity contribution in [2.24, 2.45) is 0 Å². The quantitative estimate of drug-likeness (QED) is 0.613. The molecule has 0 radical (unpaired) electrons. The highest BCUT2D eigenvalue weighted by Gasteiger charge is 2.10. The van der Waals surface area contributed by atoms with Crippen LogP contribution < -0.4 is 11.1 Å². The molecule has 8 nitrogen and oxygen atoms in total. The van der Waals surface area contributed by atoms with Crippen LogP contribution in [-0.2, 0) is 6.54 Å². The first-order valence-corrected chi connectivity index (χ1v) is 4.11. The van der Waals surface area contributed by atoms with Crippen LogP contribution in [0.1, 0.15) is 16.4 Å². The van der Waals surface area contributed by atoms with Crippen molar-refractivity contribution in [3.05, 3.63) is 23.8 Å². The monoisotopic (exact) mass is 208 g/mol. The lowest BCUT2D eigenvalue weighted by Crippen LogP contribution is -2.23. The summed E-state index contributed by atoms with van der Waals surface area (Å²) < 4.78 is 4.79. The van der Waals surface area contributed by atoms with E-state index in [2.05, 4.69) is 25.7 Å². The van der Waals surface area contributed by atoms with Crippen LogP contribution in [0.5, 0.6) is 0 Å². The first-order chi connectivity index (χ1) is 7.25. The molecule has 0 aliphatic rings. The Kier molecular flexibility index (Phi) is 2.31. The highest BCUT2D eigenvalue weighted by atomic mass is 16.5. The van der Waals surface area contributed by atoms with Gasteiger partial charge in [0.2, 0.25) is 11.8 Å². The number of amides is 1. The van der Waals surface area contributed by atoms with Crippen LogP contribution >= 0.6 is 0 Å². The number of carbonyl (C=O) groups excluding carboxylic acids is 1. The number of aromatic amines is 1. The summed E-state index contributed by atoms with van der Waals surface area (Å²) >= 11 is 0. The van der Waals surface area contributed by atoms with Crippen LogP contribution in [0.2, 0.25) is 0 Å². The average molecular weight is 208 g/mol. The fourth-order valence-corrected chi connectivity index (χ4v) is 0.961. The summed E-state index contributed by atoms with van der Waals surface area (Å²) in [5.74, 6) is 0.235. The number of nitrogens with zero attached hydrogens (tertiary/aromatic N) is 3. The Morgan fingerprint density at radius 1 is 1.67 bits per heavy atom. The number of hydrogen-bond acceptors (Lipinski definition) is 6. The van der Waals surface area contributed by atoms with Crippen molar-refractivity contribution in [1.29, 1.82) is 0 Å². The first-order valence-electron chi connectivity index (χ1n) is 4.11. The molecule has 8 heteroatoms. The summed E-state index contributed by atoms with van der Waals surface area (Å²) in [5.41, 5.74) is 5.25. The summed E-state index contributed by atoms with van der Waals surface area (Å²) in [6, 6.07) is 1.65. The smallest absolute Gasteiger partial charge is 0.289 e. The fourth-order valence-electron chi connectivity index (χ4n) is 0.961. The third-order valence-electron chi connectivity index (χ3n) is 1.63. The van der Waals surface area contributed by atoms with Crippen molar-refractivity contribution in [2.45, 2.75) is 6.54 Å².